The van der Waals surface area contributed by atoms with Crippen molar-refractivity contribution in [3.8, 4) is 0 Å². The van der Waals surface area contributed by atoms with Crippen LogP contribution in [0.5, 0.6) is 0 Å². The highest BCUT2D eigenvalue weighted by molar-refractivity contribution is 7.98. The molecule has 0 unspecified atom stereocenters. The predicted octanol–water partition coefficient (Wildman–Crippen LogP) is 1.50. The summed E-state index contributed by atoms with van der Waals surface area (Å²) in [4.78, 5) is 21.8. The van der Waals surface area contributed by atoms with Gasteiger partial charge in [-0.1, -0.05) is 0 Å². The molecule has 0 spiro atoms. The highest BCUT2D eigenvalue weighted by Gasteiger charge is 2.25. The molecule has 0 saturated carbocycles. The maximum atomic E-state index is 11.0. The highest BCUT2D eigenvalue weighted by atomic mass is 32.2. The number of aromatic nitrogens is 2. The van der Waals surface area contributed by atoms with Gasteiger partial charge in [0.05, 0.1) is 11.6 Å². The summed E-state index contributed by atoms with van der Waals surface area (Å²) in [5.74, 6) is -0.933. The molecular formula is C12H17N3O2S. The number of likely N-dealkylation sites (tertiary alicyclic amines) is 1. The van der Waals surface area contributed by atoms with Gasteiger partial charge in [0.2, 0.25) is 0 Å². The van der Waals surface area contributed by atoms with Crippen LogP contribution in [0, 0.1) is 5.92 Å². The van der Waals surface area contributed by atoms with Crippen LogP contribution in [0.15, 0.2) is 17.4 Å². The van der Waals surface area contributed by atoms with Crippen LogP contribution in [-0.2, 0) is 11.3 Å². The molecule has 2 rings (SSSR count). The van der Waals surface area contributed by atoms with Crippen LogP contribution in [-0.4, -0.2) is 45.3 Å². The average molecular weight is 267 g/mol. The molecule has 1 aromatic heterocycles. The Kier molecular flexibility index (Phi) is 4.54. The van der Waals surface area contributed by atoms with Crippen LogP contribution < -0.4 is 0 Å². The van der Waals surface area contributed by atoms with E-state index in [4.69, 9.17) is 5.11 Å². The van der Waals surface area contributed by atoms with Crippen molar-refractivity contribution in [2.75, 3.05) is 19.3 Å². The van der Waals surface area contributed by atoms with Gasteiger partial charge in [-0.3, -0.25) is 14.7 Å². The van der Waals surface area contributed by atoms with Gasteiger partial charge in [-0.15, -0.1) is 11.8 Å². The third kappa shape index (κ3) is 3.20. The van der Waals surface area contributed by atoms with Crippen LogP contribution in [0.2, 0.25) is 0 Å². The number of piperidine rings is 1. The lowest BCUT2D eigenvalue weighted by molar-refractivity contribution is -0.143. The third-order valence-electron chi connectivity index (χ3n) is 3.16. The Morgan fingerprint density at radius 3 is 3.06 bits per heavy atom. The number of carboxylic acids is 1. The van der Waals surface area contributed by atoms with Gasteiger partial charge in [-0.05, 0) is 25.6 Å². The molecule has 0 amide bonds. The number of thioether (sulfide) groups is 1. The SMILES string of the molecule is CSc1nccnc1CN1CCC[C@@H](C(=O)O)C1. The van der Waals surface area contributed by atoms with Crippen molar-refractivity contribution in [1.82, 2.24) is 14.9 Å². The van der Waals surface area contributed by atoms with Gasteiger partial charge in [0.1, 0.15) is 5.03 Å². The van der Waals surface area contributed by atoms with E-state index in [1.54, 1.807) is 24.2 Å². The van der Waals surface area contributed by atoms with E-state index in [1.807, 2.05) is 6.26 Å². The number of hydrogen-bond donors (Lipinski definition) is 1. The first kappa shape index (κ1) is 13.3. The third-order valence-corrected chi connectivity index (χ3v) is 3.88. The molecular weight excluding hydrogens is 250 g/mol. The van der Waals surface area contributed by atoms with E-state index in [-0.39, 0.29) is 5.92 Å². The minimum atomic E-state index is -0.691. The zero-order valence-electron chi connectivity index (χ0n) is 10.4. The summed E-state index contributed by atoms with van der Waals surface area (Å²) in [6, 6.07) is 0. The molecule has 1 aliphatic heterocycles. The monoisotopic (exact) mass is 267 g/mol. The van der Waals surface area contributed by atoms with Crippen LogP contribution in [0.3, 0.4) is 0 Å². The number of hydrogen-bond acceptors (Lipinski definition) is 5. The van der Waals surface area contributed by atoms with E-state index >= 15 is 0 Å². The molecule has 1 aliphatic rings. The number of carbonyl (C=O) groups is 1. The van der Waals surface area contributed by atoms with Crippen LogP contribution >= 0.6 is 11.8 Å². The quantitative estimate of drug-likeness (QED) is 0.834. The minimum absolute atomic E-state index is 0.242. The maximum Gasteiger partial charge on any atom is 0.307 e. The Morgan fingerprint density at radius 2 is 2.33 bits per heavy atom. The lowest BCUT2D eigenvalue weighted by Crippen LogP contribution is -2.38. The van der Waals surface area contributed by atoms with E-state index in [0.29, 0.717) is 13.1 Å². The Hall–Kier alpha value is -1.14. The van der Waals surface area contributed by atoms with Crippen LogP contribution in [0.4, 0.5) is 0 Å². The fourth-order valence-corrected chi connectivity index (χ4v) is 2.76. The highest BCUT2D eigenvalue weighted by Crippen LogP contribution is 2.21. The van der Waals surface area contributed by atoms with E-state index in [2.05, 4.69) is 14.9 Å². The first-order valence-electron chi connectivity index (χ1n) is 5.99. The van der Waals surface area contributed by atoms with Gasteiger partial charge < -0.3 is 5.11 Å². The summed E-state index contributed by atoms with van der Waals surface area (Å²) in [5.41, 5.74) is 0.941. The van der Waals surface area contributed by atoms with Gasteiger partial charge in [0, 0.05) is 25.5 Å². The van der Waals surface area contributed by atoms with Crippen molar-refractivity contribution < 1.29 is 9.90 Å². The molecule has 0 radical (unpaired) electrons. The summed E-state index contributed by atoms with van der Waals surface area (Å²) in [6.07, 6.45) is 7.07. The summed E-state index contributed by atoms with van der Waals surface area (Å²) < 4.78 is 0. The Morgan fingerprint density at radius 1 is 1.56 bits per heavy atom. The van der Waals surface area contributed by atoms with Crippen molar-refractivity contribution >= 4 is 17.7 Å². The number of aliphatic carboxylic acids is 1. The fraction of sp³-hybridized carbons (Fsp3) is 0.583. The lowest BCUT2D eigenvalue weighted by Gasteiger charge is -2.30. The summed E-state index contributed by atoms with van der Waals surface area (Å²) in [7, 11) is 0. The Labute approximate surface area is 111 Å². The van der Waals surface area contributed by atoms with Gasteiger partial charge in [-0.2, -0.15) is 0 Å². The molecule has 1 fully saturated rings. The van der Waals surface area contributed by atoms with Crippen molar-refractivity contribution in [2.45, 2.75) is 24.4 Å². The summed E-state index contributed by atoms with van der Waals surface area (Å²) in [5, 5.41) is 9.99. The molecule has 1 N–H and O–H groups in total. The summed E-state index contributed by atoms with van der Waals surface area (Å²) >= 11 is 1.57. The van der Waals surface area contributed by atoms with Crippen LogP contribution in [0.25, 0.3) is 0 Å². The Balaban J connectivity index is 2.02. The van der Waals surface area contributed by atoms with Gasteiger partial charge in [0.15, 0.2) is 0 Å². The molecule has 0 aromatic carbocycles. The zero-order valence-corrected chi connectivity index (χ0v) is 11.2. The van der Waals surface area contributed by atoms with Crippen molar-refractivity contribution in [3.05, 3.63) is 18.1 Å². The normalized spacial score (nSPS) is 20.8. The summed E-state index contributed by atoms with van der Waals surface area (Å²) in [6.45, 7) is 2.24. The number of rotatable bonds is 4. The molecule has 5 nitrogen and oxygen atoms in total. The van der Waals surface area contributed by atoms with Gasteiger partial charge >= 0.3 is 5.97 Å². The maximum absolute atomic E-state index is 11.0. The lowest BCUT2D eigenvalue weighted by atomic mass is 9.98. The smallest absolute Gasteiger partial charge is 0.307 e. The molecule has 2 heterocycles. The first-order valence-corrected chi connectivity index (χ1v) is 7.22. The zero-order chi connectivity index (χ0) is 13.0. The largest absolute Gasteiger partial charge is 0.481 e. The second-order valence-corrected chi connectivity index (χ2v) is 5.22. The minimum Gasteiger partial charge on any atom is -0.481 e. The van der Waals surface area contributed by atoms with Gasteiger partial charge in [0.25, 0.3) is 0 Å². The van der Waals surface area contributed by atoms with Crippen molar-refractivity contribution in [3.63, 3.8) is 0 Å². The molecule has 1 aromatic rings. The van der Waals surface area contributed by atoms with Crippen LogP contribution in [0.1, 0.15) is 18.5 Å². The van der Waals surface area contributed by atoms with Gasteiger partial charge in [-0.25, -0.2) is 4.98 Å². The molecule has 1 atom stereocenters. The molecule has 1 saturated heterocycles. The average Bonchev–Trinajstić information content (AvgIpc) is 2.39. The second kappa shape index (κ2) is 6.15. The number of nitrogens with zero attached hydrogens (tertiary/aromatic N) is 3. The van der Waals surface area contributed by atoms with Crippen molar-refractivity contribution in [2.24, 2.45) is 5.92 Å². The fourth-order valence-electron chi connectivity index (χ4n) is 2.25. The van der Waals surface area contributed by atoms with E-state index in [0.717, 1.165) is 30.1 Å². The standard InChI is InChI=1S/C12H17N3O2S/c1-18-11-10(13-4-5-14-11)8-15-6-2-3-9(7-15)12(16)17/h4-5,9H,2-3,6-8H2,1H3,(H,16,17)/t9-/m1/s1. The Bertz CT molecular complexity index is 428. The predicted molar refractivity (Wildman–Crippen MR) is 69.4 cm³/mol. The molecule has 0 aliphatic carbocycles. The second-order valence-electron chi connectivity index (χ2n) is 4.42. The molecule has 98 valence electrons. The molecule has 0 bridgehead atoms. The van der Waals surface area contributed by atoms with E-state index in [1.165, 1.54) is 0 Å². The molecule has 6 heteroatoms. The topological polar surface area (TPSA) is 66.3 Å². The van der Waals surface area contributed by atoms with E-state index in [9.17, 15) is 4.79 Å². The molecule has 18 heavy (non-hydrogen) atoms. The first-order chi connectivity index (χ1) is 8.70. The van der Waals surface area contributed by atoms with Crippen molar-refractivity contribution in [1.29, 1.82) is 0 Å². The number of carboxylic acid groups (broad SMARTS) is 1. The van der Waals surface area contributed by atoms with E-state index < -0.39 is 5.97 Å².